The number of carbonyl (C=O) groups is 1. The van der Waals surface area contributed by atoms with E-state index in [2.05, 4.69) is 10.3 Å². The lowest BCUT2D eigenvalue weighted by molar-refractivity contribution is -0.137. The number of fused-ring (bicyclic) bond motifs is 1. The zero-order valence-electron chi connectivity index (χ0n) is 14.4. The molecule has 1 N–H and O–H groups in total. The van der Waals surface area contributed by atoms with Crippen molar-refractivity contribution in [2.75, 3.05) is 5.32 Å². The lowest BCUT2D eigenvalue weighted by Crippen LogP contribution is -2.14. The number of hydrogen-bond acceptors (Lipinski definition) is 2. The highest BCUT2D eigenvalue weighted by molar-refractivity contribution is 6.06. The third-order valence-electron chi connectivity index (χ3n) is 4.27. The van der Waals surface area contributed by atoms with E-state index in [1.165, 1.54) is 12.1 Å². The molecule has 0 spiro atoms. The van der Waals surface area contributed by atoms with Gasteiger partial charge in [0.2, 0.25) is 0 Å². The van der Waals surface area contributed by atoms with Crippen molar-refractivity contribution in [3.05, 3.63) is 90.3 Å². The average molecular weight is 381 g/mol. The fraction of sp³-hybridized carbons (Fsp3) is 0.0476. The van der Waals surface area contributed by atoms with E-state index in [0.29, 0.717) is 16.9 Å². The Morgan fingerprint density at radius 1 is 0.964 bits per heavy atom. The van der Waals surface area contributed by atoms with Crippen LogP contribution < -0.4 is 5.32 Å². The maximum absolute atomic E-state index is 12.9. The molecular weight excluding hydrogens is 367 g/mol. The van der Waals surface area contributed by atoms with Crippen LogP contribution in [0.2, 0.25) is 0 Å². The first-order valence-electron chi connectivity index (χ1n) is 8.43. The van der Waals surface area contributed by atoms with Crippen LogP contribution in [0.5, 0.6) is 0 Å². The van der Waals surface area contributed by atoms with Crippen LogP contribution in [0.1, 0.15) is 15.9 Å². The summed E-state index contributed by atoms with van der Waals surface area (Å²) in [5.74, 6) is -0.623. The molecule has 0 atom stereocenters. The van der Waals surface area contributed by atoms with Crippen LogP contribution >= 0.6 is 0 Å². The van der Waals surface area contributed by atoms with Crippen molar-refractivity contribution in [1.82, 2.24) is 9.38 Å². The van der Waals surface area contributed by atoms with Crippen LogP contribution in [-0.4, -0.2) is 15.3 Å². The lowest BCUT2D eigenvalue weighted by Gasteiger charge is -2.11. The summed E-state index contributed by atoms with van der Waals surface area (Å²) in [7, 11) is 0. The lowest BCUT2D eigenvalue weighted by atomic mass is 10.1. The molecule has 0 fully saturated rings. The second-order valence-corrected chi connectivity index (χ2v) is 6.17. The number of alkyl halides is 3. The molecule has 7 heteroatoms. The van der Waals surface area contributed by atoms with Crippen molar-refractivity contribution in [1.29, 1.82) is 0 Å². The molecule has 2 aromatic carbocycles. The molecule has 0 radical (unpaired) electrons. The standard InChI is InChI=1S/C21H14F3N3O/c22-21(23,24)15-7-5-6-14(12-15)20(28)26-17-9-2-1-8-16(17)18-13-27-11-4-3-10-19(27)25-18/h1-13H,(H,26,28). The molecule has 0 saturated heterocycles. The molecule has 4 nitrogen and oxygen atoms in total. The Balaban J connectivity index is 1.67. The summed E-state index contributed by atoms with van der Waals surface area (Å²) in [6.07, 6.45) is -0.828. The van der Waals surface area contributed by atoms with Crippen molar-refractivity contribution in [2.45, 2.75) is 6.18 Å². The first kappa shape index (κ1) is 17.8. The van der Waals surface area contributed by atoms with Gasteiger partial charge in [-0.2, -0.15) is 13.2 Å². The highest BCUT2D eigenvalue weighted by Gasteiger charge is 2.31. The maximum Gasteiger partial charge on any atom is 0.416 e. The van der Waals surface area contributed by atoms with E-state index in [0.717, 1.165) is 17.8 Å². The molecule has 0 aliphatic carbocycles. The van der Waals surface area contributed by atoms with Gasteiger partial charge in [0.1, 0.15) is 5.65 Å². The number of carbonyl (C=O) groups excluding carboxylic acids is 1. The Labute approximate surface area is 158 Å². The number of pyridine rings is 1. The van der Waals surface area contributed by atoms with E-state index >= 15 is 0 Å². The molecule has 2 heterocycles. The van der Waals surface area contributed by atoms with Crippen LogP contribution in [-0.2, 0) is 6.18 Å². The zero-order valence-corrected chi connectivity index (χ0v) is 14.4. The Bertz CT molecular complexity index is 1130. The van der Waals surface area contributed by atoms with Crippen LogP contribution in [0.3, 0.4) is 0 Å². The van der Waals surface area contributed by atoms with Crippen molar-refractivity contribution < 1.29 is 18.0 Å². The van der Waals surface area contributed by atoms with Gasteiger partial charge in [0, 0.05) is 23.5 Å². The van der Waals surface area contributed by atoms with Gasteiger partial charge in [0.15, 0.2) is 0 Å². The highest BCUT2D eigenvalue weighted by Crippen LogP contribution is 2.31. The third-order valence-corrected chi connectivity index (χ3v) is 4.27. The summed E-state index contributed by atoms with van der Waals surface area (Å²) in [6.45, 7) is 0. The minimum absolute atomic E-state index is 0.0698. The Morgan fingerprint density at radius 3 is 2.54 bits per heavy atom. The van der Waals surface area contributed by atoms with Crippen LogP contribution in [0.25, 0.3) is 16.9 Å². The van der Waals surface area contributed by atoms with E-state index in [9.17, 15) is 18.0 Å². The molecule has 0 aliphatic heterocycles. The van der Waals surface area contributed by atoms with E-state index in [-0.39, 0.29) is 5.56 Å². The van der Waals surface area contributed by atoms with Gasteiger partial charge >= 0.3 is 6.18 Å². The van der Waals surface area contributed by atoms with Gasteiger partial charge in [-0.15, -0.1) is 0 Å². The number of anilines is 1. The summed E-state index contributed by atoms with van der Waals surface area (Å²) in [6, 6.07) is 16.9. The first-order chi connectivity index (χ1) is 13.4. The summed E-state index contributed by atoms with van der Waals surface area (Å²) in [5.41, 5.74) is 1.59. The average Bonchev–Trinajstić information content (AvgIpc) is 3.12. The van der Waals surface area contributed by atoms with Crippen molar-refractivity contribution in [3.8, 4) is 11.3 Å². The molecule has 2 aromatic heterocycles. The quantitative estimate of drug-likeness (QED) is 0.525. The molecule has 140 valence electrons. The molecular formula is C21H14F3N3O. The molecule has 28 heavy (non-hydrogen) atoms. The summed E-state index contributed by atoms with van der Waals surface area (Å²) in [5, 5.41) is 2.69. The second-order valence-electron chi connectivity index (χ2n) is 6.17. The number of rotatable bonds is 3. The Hall–Kier alpha value is -3.61. The topological polar surface area (TPSA) is 46.4 Å². The van der Waals surface area contributed by atoms with Gasteiger partial charge in [-0.25, -0.2) is 4.98 Å². The zero-order chi connectivity index (χ0) is 19.7. The van der Waals surface area contributed by atoms with Crippen molar-refractivity contribution in [3.63, 3.8) is 0 Å². The number of nitrogens with zero attached hydrogens (tertiary/aromatic N) is 2. The number of hydrogen-bond donors (Lipinski definition) is 1. The smallest absolute Gasteiger partial charge is 0.321 e. The molecule has 1 amide bonds. The number of halogens is 3. The molecule has 0 saturated carbocycles. The number of aromatic nitrogens is 2. The molecule has 0 bridgehead atoms. The number of nitrogens with one attached hydrogen (secondary N) is 1. The summed E-state index contributed by atoms with van der Waals surface area (Å²) in [4.78, 5) is 17.1. The predicted octanol–water partition coefficient (Wildman–Crippen LogP) is 5.27. The Morgan fingerprint density at radius 2 is 1.75 bits per heavy atom. The number of imidazole rings is 1. The van der Waals surface area contributed by atoms with Crippen molar-refractivity contribution in [2.24, 2.45) is 0 Å². The van der Waals surface area contributed by atoms with Gasteiger partial charge in [-0.05, 0) is 36.4 Å². The van der Waals surface area contributed by atoms with Crippen LogP contribution in [0.4, 0.5) is 18.9 Å². The van der Waals surface area contributed by atoms with Gasteiger partial charge in [-0.3, -0.25) is 4.79 Å². The Kier molecular flexibility index (Phi) is 4.35. The van der Waals surface area contributed by atoms with E-state index in [1.54, 1.807) is 24.3 Å². The minimum atomic E-state index is -4.51. The first-order valence-corrected chi connectivity index (χ1v) is 8.43. The van der Waals surface area contributed by atoms with Crippen LogP contribution in [0.15, 0.2) is 79.1 Å². The molecule has 0 unspecified atom stereocenters. The highest BCUT2D eigenvalue weighted by atomic mass is 19.4. The fourth-order valence-corrected chi connectivity index (χ4v) is 2.91. The number of benzene rings is 2. The van der Waals surface area contributed by atoms with Crippen molar-refractivity contribution >= 4 is 17.2 Å². The van der Waals surface area contributed by atoms with Gasteiger partial charge in [0.25, 0.3) is 5.91 Å². The normalized spacial score (nSPS) is 11.5. The van der Waals surface area contributed by atoms with E-state index in [1.807, 2.05) is 35.0 Å². The molecule has 4 aromatic rings. The number of para-hydroxylation sites is 1. The summed E-state index contributed by atoms with van der Waals surface area (Å²) < 4.78 is 40.6. The minimum Gasteiger partial charge on any atom is -0.321 e. The van der Waals surface area contributed by atoms with Gasteiger partial charge in [0.05, 0.1) is 16.9 Å². The molecule has 4 rings (SSSR count). The van der Waals surface area contributed by atoms with E-state index in [4.69, 9.17) is 0 Å². The third kappa shape index (κ3) is 3.46. The van der Waals surface area contributed by atoms with Gasteiger partial charge < -0.3 is 9.72 Å². The van der Waals surface area contributed by atoms with Crippen LogP contribution in [0, 0.1) is 0 Å². The predicted molar refractivity (Wildman–Crippen MR) is 100 cm³/mol. The second kappa shape index (κ2) is 6.84. The summed E-state index contributed by atoms with van der Waals surface area (Å²) >= 11 is 0. The maximum atomic E-state index is 12.9. The van der Waals surface area contributed by atoms with E-state index < -0.39 is 17.6 Å². The number of amides is 1. The fourth-order valence-electron chi connectivity index (χ4n) is 2.91. The SMILES string of the molecule is O=C(Nc1ccccc1-c1cn2ccccc2n1)c1cccc(C(F)(F)F)c1. The largest absolute Gasteiger partial charge is 0.416 e. The monoisotopic (exact) mass is 381 g/mol. The van der Waals surface area contributed by atoms with Gasteiger partial charge in [-0.1, -0.05) is 30.3 Å². The molecule has 0 aliphatic rings.